The molecule has 0 radical (unpaired) electrons. The van der Waals surface area contributed by atoms with Crippen LogP contribution in [0.5, 0.6) is 0 Å². The molecule has 5 nitrogen and oxygen atoms in total. The molecule has 0 aliphatic carbocycles. The molecule has 0 fully saturated rings. The molecule has 6 heteroatoms. The molecular weight excluding hydrogens is 292 g/mol. The van der Waals surface area contributed by atoms with Crippen molar-refractivity contribution in [2.45, 2.75) is 0 Å². The van der Waals surface area contributed by atoms with Crippen LogP contribution in [-0.4, -0.2) is 22.0 Å². The number of carbonyl (C=O) groups excluding carboxylic acids is 1. The van der Waals surface area contributed by atoms with Crippen molar-refractivity contribution in [3.63, 3.8) is 0 Å². The molecule has 0 atom stereocenters. The number of halogens is 1. The quantitative estimate of drug-likeness (QED) is 0.851. The van der Waals surface area contributed by atoms with Crippen molar-refractivity contribution in [1.29, 1.82) is 0 Å². The standard InChI is InChI=1S/C15H11ClN2O3/c16-12-3-1-2-4-13(12)18-15(21)11-7-8-17-9-10(11)5-6-14(19)20/h1-9H,(H,18,21)(H,19,20). The van der Waals surface area contributed by atoms with Crippen LogP contribution >= 0.6 is 11.6 Å². The van der Waals surface area contributed by atoms with Gasteiger partial charge in [-0.2, -0.15) is 0 Å². The lowest BCUT2D eigenvalue weighted by Crippen LogP contribution is -2.13. The Bertz CT molecular complexity index is 714. The number of nitrogens with one attached hydrogen (secondary N) is 1. The Kier molecular flexibility index (Phi) is 4.68. The average molecular weight is 303 g/mol. The van der Waals surface area contributed by atoms with Crippen LogP contribution in [0.4, 0.5) is 5.69 Å². The third-order valence-electron chi connectivity index (χ3n) is 2.62. The van der Waals surface area contributed by atoms with Gasteiger partial charge in [-0.25, -0.2) is 4.79 Å². The Balaban J connectivity index is 2.28. The third-order valence-corrected chi connectivity index (χ3v) is 2.95. The van der Waals surface area contributed by atoms with E-state index in [1.165, 1.54) is 24.5 Å². The van der Waals surface area contributed by atoms with Crippen LogP contribution in [0.3, 0.4) is 0 Å². The second-order valence-electron chi connectivity index (χ2n) is 4.07. The fraction of sp³-hybridized carbons (Fsp3) is 0. The molecule has 0 aliphatic rings. The Hall–Kier alpha value is -2.66. The summed E-state index contributed by atoms with van der Waals surface area (Å²) in [5, 5.41) is 11.7. The molecular formula is C15H11ClN2O3. The largest absolute Gasteiger partial charge is 0.478 e. The minimum Gasteiger partial charge on any atom is -0.478 e. The average Bonchev–Trinajstić information content (AvgIpc) is 2.47. The molecule has 0 aliphatic heterocycles. The minimum absolute atomic E-state index is 0.308. The summed E-state index contributed by atoms with van der Waals surface area (Å²) in [6, 6.07) is 8.35. The van der Waals surface area contributed by atoms with Crippen LogP contribution in [-0.2, 0) is 4.79 Å². The van der Waals surface area contributed by atoms with E-state index in [9.17, 15) is 9.59 Å². The van der Waals surface area contributed by atoms with Crippen molar-refractivity contribution in [2.75, 3.05) is 5.32 Å². The van der Waals surface area contributed by atoms with E-state index in [2.05, 4.69) is 10.3 Å². The molecule has 2 N–H and O–H groups in total. The summed E-state index contributed by atoms with van der Waals surface area (Å²) >= 11 is 5.98. The number of pyridine rings is 1. The first-order valence-corrected chi connectivity index (χ1v) is 6.36. The lowest BCUT2D eigenvalue weighted by atomic mass is 10.1. The predicted octanol–water partition coefficient (Wildman–Crippen LogP) is 3.09. The Morgan fingerprint density at radius 2 is 2.00 bits per heavy atom. The van der Waals surface area contributed by atoms with Gasteiger partial charge in [0.1, 0.15) is 0 Å². The van der Waals surface area contributed by atoms with Gasteiger partial charge in [0.05, 0.1) is 10.7 Å². The number of para-hydroxylation sites is 1. The number of anilines is 1. The SMILES string of the molecule is O=C(O)C=Cc1cnccc1C(=O)Nc1ccccc1Cl. The molecule has 1 aromatic carbocycles. The maximum absolute atomic E-state index is 12.3. The van der Waals surface area contributed by atoms with Gasteiger partial charge in [0.15, 0.2) is 0 Å². The second-order valence-corrected chi connectivity index (χ2v) is 4.48. The second kappa shape index (κ2) is 6.67. The number of nitrogens with zero attached hydrogens (tertiary/aromatic N) is 1. The van der Waals surface area contributed by atoms with Gasteiger partial charge in [0, 0.05) is 29.6 Å². The van der Waals surface area contributed by atoms with Gasteiger partial charge in [0.2, 0.25) is 0 Å². The molecule has 0 saturated carbocycles. The lowest BCUT2D eigenvalue weighted by Gasteiger charge is -2.08. The summed E-state index contributed by atoms with van der Waals surface area (Å²) in [6.45, 7) is 0. The molecule has 21 heavy (non-hydrogen) atoms. The van der Waals surface area contributed by atoms with Gasteiger partial charge >= 0.3 is 5.97 Å². The zero-order valence-corrected chi connectivity index (χ0v) is 11.5. The monoisotopic (exact) mass is 302 g/mol. The first kappa shape index (κ1) is 14.7. The predicted molar refractivity (Wildman–Crippen MR) is 80.3 cm³/mol. The topological polar surface area (TPSA) is 79.3 Å². The van der Waals surface area contributed by atoms with Crippen molar-refractivity contribution in [3.05, 3.63) is 65.0 Å². The van der Waals surface area contributed by atoms with Crippen LogP contribution in [0.15, 0.2) is 48.8 Å². The molecule has 2 aromatic rings. The van der Waals surface area contributed by atoms with Gasteiger partial charge in [-0.3, -0.25) is 9.78 Å². The number of rotatable bonds is 4. The third kappa shape index (κ3) is 3.90. The van der Waals surface area contributed by atoms with Gasteiger partial charge < -0.3 is 10.4 Å². The van der Waals surface area contributed by atoms with E-state index in [0.29, 0.717) is 21.8 Å². The highest BCUT2D eigenvalue weighted by molar-refractivity contribution is 6.33. The number of aromatic nitrogens is 1. The van der Waals surface area contributed by atoms with Crippen LogP contribution in [0, 0.1) is 0 Å². The zero-order valence-electron chi connectivity index (χ0n) is 10.8. The summed E-state index contributed by atoms with van der Waals surface area (Å²) in [5.74, 6) is -1.49. The summed E-state index contributed by atoms with van der Waals surface area (Å²) in [5.41, 5.74) is 1.20. The van der Waals surface area contributed by atoms with Gasteiger partial charge in [-0.1, -0.05) is 23.7 Å². The molecule has 0 unspecified atom stereocenters. The Morgan fingerprint density at radius 3 is 2.71 bits per heavy atom. The fourth-order valence-corrected chi connectivity index (χ4v) is 1.84. The highest BCUT2D eigenvalue weighted by Gasteiger charge is 2.11. The molecule has 0 spiro atoms. The van der Waals surface area contributed by atoms with Gasteiger partial charge in [-0.15, -0.1) is 0 Å². The van der Waals surface area contributed by atoms with Crippen molar-refractivity contribution < 1.29 is 14.7 Å². The first-order valence-electron chi connectivity index (χ1n) is 5.99. The Morgan fingerprint density at radius 1 is 1.24 bits per heavy atom. The number of benzene rings is 1. The van der Waals surface area contributed by atoms with Crippen molar-refractivity contribution >= 4 is 35.2 Å². The highest BCUT2D eigenvalue weighted by atomic mass is 35.5. The van der Waals surface area contributed by atoms with Crippen molar-refractivity contribution in [3.8, 4) is 0 Å². The fourth-order valence-electron chi connectivity index (χ4n) is 1.66. The summed E-state index contributed by atoms with van der Waals surface area (Å²) in [7, 11) is 0. The van der Waals surface area contributed by atoms with Crippen LogP contribution in [0.2, 0.25) is 5.02 Å². The molecule has 1 amide bonds. The van der Waals surface area contributed by atoms with Crippen LogP contribution in [0.1, 0.15) is 15.9 Å². The van der Waals surface area contributed by atoms with E-state index in [1.807, 2.05) is 0 Å². The smallest absolute Gasteiger partial charge is 0.328 e. The molecule has 1 aromatic heterocycles. The van der Waals surface area contributed by atoms with Crippen molar-refractivity contribution in [1.82, 2.24) is 4.98 Å². The number of carbonyl (C=O) groups is 2. The first-order chi connectivity index (χ1) is 10.1. The van der Waals surface area contributed by atoms with E-state index in [-0.39, 0.29) is 0 Å². The maximum atomic E-state index is 12.3. The summed E-state index contributed by atoms with van der Waals surface area (Å²) < 4.78 is 0. The molecule has 0 saturated heterocycles. The number of hydrogen-bond acceptors (Lipinski definition) is 3. The molecule has 2 rings (SSSR count). The summed E-state index contributed by atoms with van der Waals surface area (Å²) in [4.78, 5) is 26.7. The molecule has 0 bridgehead atoms. The minimum atomic E-state index is -1.10. The van der Waals surface area contributed by atoms with Gasteiger partial charge in [0.25, 0.3) is 5.91 Å². The number of carboxylic acids is 1. The molecule has 1 heterocycles. The zero-order chi connectivity index (χ0) is 15.2. The number of hydrogen-bond donors (Lipinski definition) is 2. The van der Waals surface area contributed by atoms with Crippen molar-refractivity contribution in [2.24, 2.45) is 0 Å². The van der Waals surface area contributed by atoms with E-state index >= 15 is 0 Å². The number of amides is 1. The van der Waals surface area contributed by atoms with E-state index in [0.717, 1.165) is 6.08 Å². The number of aliphatic carboxylic acids is 1. The van der Waals surface area contributed by atoms with Crippen LogP contribution < -0.4 is 5.32 Å². The normalized spacial score (nSPS) is 10.5. The van der Waals surface area contributed by atoms with Crippen LogP contribution in [0.25, 0.3) is 6.08 Å². The van der Waals surface area contributed by atoms with E-state index in [1.54, 1.807) is 24.3 Å². The summed E-state index contributed by atoms with van der Waals surface area (Å²) in [6.07, 6.45) is 5.14. The van der Waals surface area contributed by atoms with E-state index < -0.39 is 11.9 Å². The Labute approximate surface area is 125 Å². The highest BCUT2D eigenvalue weighted by Crippen LogP contribution is 2.21. The maximum Gasteiger partial charge on any atom is 0.328 e. The van der Waals surface area contributed by atoms with E-state index in [4.69, 9.17) is 16.7 Å². The number of carboxylic acid groups (broad SMARTS) is 1. The van der Waals surface area contributed by atoms with Gasteiger partial charge in [-0.05, 0) is 24.3 Å². The lowest BCUT2D eigenvalue weighted by molar-refractivity contribution is -0.131. The molecule has 106 valence electrons.